The molecule has 27 heavy (non-hydrogen) atoms. The van der Waals surface area contributed by atoms with E-state index in [1.807, 2.05) is 24.3 Å². The van der Waals surface area contributed by atoms with Gasteiger partial charge in [-0.1, -0.05) is 11.6 Å². The van der Waals surface area contributed by atoms with Gasteiger partial charge in [0.1, 0.15) is 10.8 Å². The van der Waals surface area contributed by atoms with Crippen molar-refractivity contribution in [1.82, 2.24) is 0 Å². The van der Waals surface area contributed by atoms with E-state index in [4.69, 9.17) is 11.6 Å². The minimum atomic E-state index is -0.180. The van der Waals surface area contributed by atoms with E-state index >= 15 is 0 Å². The molecule has 2 aromatic rings. The van der Waals surface area contributed by atoms with Crippen molar-refractivity contribution in [1.29, 1.82) is 0 Å². The van der Waals surface area contributed by atoms with Crippen LogP contribution >= 0.6 is 22.9 Å². The third-order valence-electron chi connectivity index (χ3n) is 5.43. The highest BCUT2D eigenvalue weighted by Crippen LogP contribution is 2.40. The van der Waals surface area contributed by atoms with Crippen LogP contribution in [0.25, 0.3) is 0 Å². The summed E-state index contributed by atoms with van der Waals surface area (Å²) in [5.41, 5.74) is 3.59. The fourth-order valence-electron chi connectivity index (χ4n) is 3.98. The van der Waals surface area contributed by atoms with Crippen LogP contribution in [0, 0.1) is 5.92 Å². The van der Waals surface area contributed by atoms with E-state index in [2.05, 4.69) is 10.6 Å². The zero-order valence-electron chi connectivity index (χ0n) is 15.1. The van der Waals surface area contributed by atoms with Gasteiger partial charge in [-0.05, 0) is 61.9 Å². The lowest BCUT2D eigenvalue weighted by molar-refractivity contribution is -0.128. The minimum Gasteiger partial charge on any atom is -0.381 e. The molecule has 2 aliphatic rings. The van der Waals surface area contributed by atoms with Crippen molar-refractivity contribution in [3.05, 3.63) is 45.3 Å². The first-order valence-corrected chi connectivity index (χ1v) is 10.7. The van der Waals surface area contributed by atoms with Crippen molar-refractivity contribution in [2.75, 3.05) is 10.6 Å². The highest BCUT2D eigenvalue weighted by molar-refractivity contribution is 7.16. The van der Waals surface area contributed by atoms with Gasteiger partial charge in [0.25, 0.3) is 0 Å². The van der Waals surface area contributed by atoms with Gasteiger partial charge in [0.2, 0.25) is 5.91 Å². The summed E-state index contributed by atoms with van der Waals surface area (Å²) in [6.07, 6.45) is 5.97. The molecular weight excluding hydrogens is 380 g/mol. The first-order chi connectivity index (χ1) is 13.1. The van der Waals surface area contributed by atoms with Gasteiger partial charge >= 0.3 is 0 Å². The summed E-state index contributed by atoms with van der Waals surface area (Å²) in [5, 5.41) is 8.25. The lowest BCUT2D eigenvalue weighted by Crippen LogP contribution is -2.28. The maximum Gasteiger partial charge on any atom is 0.228 e. The highest BCUT2D eigenvalue weighted by atomic mass is 35.5. The fraction of sp³-hybridized carbons (Fsp3) is 0.429. The lowest BCUT2D eigenvalue weighted by atomic mass is 9.88. The number of carbonyl (C=O) groups excluding carboxylic acids is 2. The van der Waals surface area contributed by atoms with Gasteiger partial charge in [-0.3, -0.25) is 9.59 Å². The Kier molecular flexibility index (Phi) is 5.50. The predicted octanol–water partition coefficient (Wildman–Crippen LogP) is 5.20. The third kappa shape index (κ3) is 4.19. The number of aryl methyl sites for hydroxylation is 1. The maximum absolute atomic E-state index is 12.7. The summed E-state index contributed by atoms with van der Waals surface area (Å²) < 4.78 is 0. The quantitative estimate of drug-likeness (QED) is 0.722. The second kappa shape index (κ2) is 8.03. The van der Waals surface area contributed by atoms with Gasteiger partial charge in [-0.2, -0.15) is 0 Å². The molecule has 1 heterocycles. The van der Waals surface area contributed by atoms with Crippen LogP contribution in [0.5, 0.6) is 0 Å². The second-order valence-electron chi connectivity index (χ2n) is 7.35. The number of Topliss-reactive ketones (excluding diaryl/α,β-unsaturated/α-hetero) is 1. The number of ketones is 1. The van der Waals surface area contributed by atoms with Crippen LogP contribution in [0.4, 0.5) is 10.7 Å². The Balaban J connectivity index is 1.50. The molecule has 142 valence electrons. The van der Waals surface area contributed by atoms with Crippen molar-refractivity contribution >= 4 is 45.3 Å². The zero-order valence-corrected chi connectivity index (χ0v) is 16.7. The Morgan fingerprint density at radius 1 is 1.15 bits per heavy atom. The van der Waals surface area contributed by atoms with Gasteiger partial charge in [0.15, 0.2) is 0 Å². The Labute approximate surface area is 168 Å². The van der Waals surface area contributed by atoms with Gasteiger partial charge in [-0.15, -0.1) is 11.3 Å². The number of anilines is 2. The number of halogens is 1. The molecule has 4 rings (SSSR count). The number of amides is 1. The Hall–Kier alpha value is -1.85. The number of hydrogen-bond donors (Lipinski definition) is 2. The molecule has 1 unspecified atom stereocenters. The van der Waals surface area contributed by atoms with Gasteiger partial charge < -0.3 is 10.6 Å². The van der Waals surface area contributed by atoms with E-state index in [0.717, 1.165) is 36.4 Å². The molecule has 1 aromatic heterocycles. The first-order valence-electron chi connectivity index (χ1n) is 9.55. The monoisotopic (exact) mass is 402 g/mol. The van der Waals surface area contributed by atoms with Crippen molar-refractivity contribution in [2.24, 2.45) is 5.92 Å². The molecule has 0 saturated heterocycles. The number of benzene rings is 1. The molecule has 1 atom stereocenters. The molecule has 0 bridgehead atoms. The van der Waals surface area contributed by atoms with Crippen LogP contribution in [0.1, 0.15) is 48.1 Å². The van der Waals surface area contributed by atoms with Crippen molar-refractivity contribution in [3.8, 4) is 0 Å². The fourth-order valence-corrected chi connectivity index (χ4v) is 5.42. The smallest absolute Gasteiger partial charge is 0.228 e. The van der Waals surface area contributed by atoms with E-state index in [9.17, 15) is 9.59 Å². The number of carbonyl (C=O) groups is 2. The standard InChI is InChI=1S/C21H23ClN2O2S/c22-14-7-9-15(10-8-14)23-12-18-17-5-2-6-19(17)27-21(18)24-20(26)13-3-1-4-16(25)11-13/h7-10,13,23H,1-6,11-12H2,(H,24,26). The Morgan fingerprint density at radius 3 is 2.74 bits per heavy atom. The van der Waals surface area contributed by atoms with Crippen LogP contribution in [0.15, 0.2) is 24.3 Å². The highest BCUT2D eigenvalue weighted by Gasteiger charge is 2.28. The first kappa shape index (κ1) is 18.5. The molecule has 0 spiro atoms. The number of rotatable bonds is 5. The largest absolute Gasteiger partial charge is 0.381 e. The van der Waals surface area contributed by atoms with E-state index in [1.54, 1.807) is 11.3 Å². The summed E-state index contributed by atoms with van der Waals surface area (Å²) in [6, 6.07) is 7.65. The normalized spacial score (nSPS) is 19.0. The molecule has 0 aliphatic heterocycles. The summed E-state index contributed by atoms with van der Waals surface area (Å²) >= 11 is 7.66. The Morgan fingerprint density at radius 2 is 1.96 bits per heavy atom. The van der Waals surface area contributed by atoms with Gasteiger partial charge in [0, 0.05) is 46.5 Å². The molecule has 2 N–H and O–H groups in total. The molecule has 6 heteroatoms. The maximum atomic E-state index is 12.7. The number of nitrogens with one attached hydrogen (secondary N) is 2. The van der Waals surface area contributed by atoms with Crippen molar-refractivity contribution in [3.63, 3.8) is 0 Å². The van der Waals surface area contributed by atoms with E-state index in [0.29, 0.717) is 24.4 Å². The van der Waals surface area contributed by atoms with Gasteiger partial charge in [-0.25, -0.2) is 0 Å². The second-order valence-corrected chi connectivity index (χ2v) is 8.89. The van der Waals surface area contributed by atoms with Crippen molar-refractivity contribution in [2.45, 2.75) is 51.5 Å². The van der Waals surface area contributed by atoms with E-state index in [1.165, 1.54) is 22.4 Å². The molecule has 1 aromatic carbocycles. The minimum absolute atomic E-state index is 0.00397. The molecule has 1 saturated carbocycles. The SMILES string of the molecule is O=C1CCCC(C(=O)Nc2sc3c(c2CNc2ccc(Cl)cc2)CCC3)C1. The predicted molar refractivity (Wildman–Crippen MR) is 111 cm³/mol. The van der Waals surface area contributed by atoms with Crippen molar-refractivity contribution < 1.29 is 9.59 Å². The molecule has 0 radical (unpaired) electrons. The van der Waals surface area contributed by atoms with Crippen LogP contribution in [-0.2, 0) is 29.0 Å². The summed E-state index contributed by atoms with van der Waals surface area (Å²) in [4.78, 5) is 25.8. The number of fused-ring (bicyclic) bond motifs is 1. The summed E-state index contributed by atoms with van der Waals surface area (Å²) in [5.74, 6) is 0.0238. The molecule has 1 fully saturated rings. The average Bonchev–Trinajstić information content (AvgIpc) is 3.23. The number of hydrogen-bond acceptors (Lipinski definition) is 4. The molecule has 2 aliphatic carbocycles. The van der Waals surface area contributed by atoms with Crippen LogP contribution in [0.2, 0.25) is 5.02 Å². The molecular formula is C21H23ClN2O2S. The van der Waals surface area contributed by atoms with Crippen LogP contribution in [-0.4, -0.2) is 11.7 Å². The summed E-state index contributed by atoms with van der Waals surface area (Å²) in [6.45, 7) is 0.673. The third-order valence-corrected chi connectivity index (χ3v) is 6.94. The summed E-state index contributed by atoms with van der Waals surface area (Å²) in [7, 11) is 0. The van der Waals surface area contributed by atoms with E-state index < -0.39 is 0 Å². The number of thiophene rings is 1. The zero-order chi connectivity index (χ0) is 18.8. The lowest BCUT2D eigenvalue weighted by Gasteiger charge is -2.20. The van der Waals surface area contributed by atoms with Crippen LogP contribution in [0.3, 0.4) is 0 Å². The molecule has 4 nitrogen and oxygen atoms in total. The van der Waals surface area contributed by atoms with Gasteiger partial charge in [0.05, 0.1) is 0 Å². The average molecular weight is 403 g/mol. The Bertz CT molecular complexity index is 860. The molecule has 1 amide bonds. The topological polar surface area (TPSA) is 58.2 Å². The van der Waals surface area contributed by atoms with E-state index in [-0.39, 0.29) is 17.6 Å². The van der Waals surface area contributed by atoms with Crippen LogP contribution < -0.4 is 10.6 Å².